The molecule has 0 saturated carbocycles. The molecule has 1 saturated heterocycles. The van der Waals surface area contributed by atoms with Crippen LogP contribution in [0.5, 0.6) is 0 Å². The Bertz CT molecular complexity index is 1800. The molecule has 5 heteroatoms. The summed E-state index contributed by atoms with van der Waals surface area (Å²) in [7, 11) is -0.446. The molecule has 4 aromatic rings. The van der Waals surface area contributed by atoms with E-state index in [0.29, 0.717) is 5.82 Å². The van der Waals surface area contributed by atoms with Crippen molar-refractivity contribution in [1.29, 1.82) is 0 Å². The van der Waals surface area contributed by atoms with Crippen LogP contribution in [0.3, 0.4) is 0 Å². The molecule has 1 aromatic heterocycles. The molecule has 1 aliphatic rings. The third-order valence-electron chi connectivity index (χ3n) is 8.94. The van der Waals surface area contributed by atoms with Crippen molar-refractivity contribution in [1.82, 2.24) is 9.97 Å². The first-order chi connectivity index (χ1) is 22.0. The first kappa shape index (κ1) is 32.8. The van der Waals surface area contributed by atoms with Gasteiger partial charge in [-0.2, -0.15) is 0 Å². The van der Waals surface area contributed by atoms with Crippen molar-refractivity contribution in [3.63, 3.8) is 0 Å². The van der Waals surface area contributed by atoms with Gasteiger partial charge >= 0.3 is 7.12 Å². The van der Waals surface area contributed by atoms with Crippen LogP contribution in [0.4, 0.5) is 0 Å². The lowest BCUT2D eigenvalue weighted by Gasteiger charge is -2.32. The average molecular weight is 607 g/mol. The van der Waals surface area contributed by atoms with Gasteiger partial charge in [-0.15, -0.1) is 0 Å². The maximum absolute atomic E-state index is 6.22. The minimum atomic E-state index is -0.446. The van der Waals surface area contributed by atoms with Gasteiger partial charge in [-0.05, 0) is 87.9 Å². The van der Waals surface area contributed by atoms with Gasteiger partial charge in [0.15, 0.2) is 5.82 Å². The van der Waals surface area contributed by atoms with Crippen molar-refractivity contribution >= 4 is 12.7 Å². The molecule has 4 nitrogen and oxygen atoms in total. The van der Waals surface area contributed by atoms with Gasteiger partial charge in [0, 0.05) is 11.1 Å². The molecule has 1 aliphatic heterocycles. The molecule has 0 unspecified atom stereocenters. The highest BCUT2D eigenvalue weighted by atomic mass is 16.7. The molecule has 2 heterocycles. The molecule has 0 bridgehead atoms. The standard InChI is InChI=1S/C41H43BN2O2/c1-9-36(42-45-40(5,6)41(7,8)46-42)27-22-30(3)29(2)20-21-31(4)37-28-38(34-18-14-11-15-19-34)44-39(43-37)35-25-23-33(24-26-35)32-16-12-10-13-17-32/h9-28H,1H2,2-8H3/b29-20+,30-22+,31-21+,36-27+. The predicted molar refractivity (Wildman–Crippen MR) is 194 cm³/mol. The Hall–Kier alpha value is -4.58. The summed E-state index contributed by atoms with van der Waals surface area (Å²) in [4.78, 5) is 10.0. The third-order valence-corrected chi connectivity index (χ3v) is 8.94. The summed E-state index contributed by atoms with van der Waals surface area (Å²) in [6.07, 6.45) is 10.2. The zero-order valence-corrected chi connectivity index (χ0v) is 28.0. The van der Waals surface area contributed by atoms with E-state index >= 15 is 0 Å². The topological polar surface area (TPSA) is 44.2 Å². The first-order valence-corrected chi connectivity index (χ1v) is 15.8. The van der Waals surface area contributed by atoms with Crippen molar-refractivity contribution < 1.29 is 9.31 Å². The van der Waals surface area contributed by atoms with Gasteiger partial charge in [-0.3, -0.25) is 0 Å². The van der Waals surface area contributed by atoms with Gasteiger partial charge in [-0.1, -0.05) is 122 Å². The normalized spacial score (nSPS) is 16.9. The molecule has 1 fully saturated rings. The lowest BCUT2D eigenvalue weighted by molar-refractivity contribution is 0.00578. The number of rotatable bonds is 9. The Kier molecular flexibility index (Phi) is 9.86. The molecule has 46 heavy (non-hydrogen) atoms. The van der Waals surface area contributed by atoms with E-state index in [2.05, 4.69) is 140 Å². The van der Waals surface area contributed by atoms with Gasteiger partial charge in [0.2, 0.25) is 0 Å². The molecule has 3 aromatic carbocycles. The summed E-state index contributed by atoms with van der Waals surface area (Å²) in [6.45, 7) is 18.5. The fourth-order valence-corrected chi connectivity index (χ4v) is 5.02. The zero-order valence-electron chi connectivity index (χ0n) is 28.0. The molecule has 5 rings (SSSR count). The highest BCUT2D eigenvalue weighted by molar-refractivity contribution is 6.55. The Morgan fingerprint density at radius 3 is 1.70 bits per heavy atom. The third kappa shape index (κ3) is 7.44. The summed E-state index contributed by atoms with van der Waals surface area (Å²) in [5.41, 5.74) is 9.57. The molecule has 0 N–H and O–H groups in total. The predicted octanol–water partition coefficient (Wildman–Crippen LogP) is 10.5. The molecule has 0 aliphatic carbocycles. The van der Waals surface area contributed by atoms with Crippen LogP contribution in [-0.2, 0) is 9.31 Å². The van der Waals surface area contributed by atoms with Crippen LogP contribution in [0.25, 0.3) is 39.3 Å². The second kappa shape index (κ2) is 13.8. The molecule has 0 amide bonds. The second-order valence-corrected chi connectivity index (χ2v) is 12.8. The average Bonchev–Trinajstić information content (AvgIpc) is 3.29. The fraction of sp³-hybridized carbons (Fsp3) is 0.220. The molecule has 232 valence electrons. The molecular weight excluding hydrogens is 563 g/mol. The number of aromatic nitrogens is 2. The van der Waals surface area contributed by atoms with Gasteiger partial charge in [-0.25, -0.2) is 9.97 Å². The van der Waals surface area contributed by atoms with Crippen LogP contribution in [0.1, 0.15) is 54.2 Å². The minimum absolute atomic E-state index is 0.399. The lowest BCUT2D eigenvalue weighted by Crippen LogP contribution is -2.41. The van der Waals surface area contributed by atoms with Gasteiger partial charge < -0.3 is 9.31 Å². The molecular formula is C41H43BN2O2. The molecule has 0 spiro atoms. The molecule has 0 atom stereocenters. The van der Waals surface area contributed by atoms with Gasteiger partial charge in [0.1, 0.15) is 0 Å². The molecule has 0 radical (unpaired) electrons. The Balaban J connectivity index is 1.42. The minimum Gasteiger partial charge on any atom is -0.399 e. The van der Waals surface area contributed by atoms with Gasteiger partial charge in [0.25, 0.3) is 0 Å². The van der Waals surface area contributed by atoms with Crippen LogP contribution in [0.2, 0.25) is 0 Å². The summed E-state index contributed by atoms with van der Waals surface area (Å²) in [5, 5.41) is 0. The van der Waals surface area contributed by atoms with Crippen molar-refractivity contribution in [2.75, 3.05) is 0 Å². The summed E-state index contributed by atoms with van der Waals surface area (Å²) in [6, 6.07) is 31.2. The number of benzene rings is 3. The van der Waals surface area contributed by atoms with E-state index in [9.17, 15) is 0 Å². The van der Waals surface area contributed by atoms with Crippen LogP contribution in [0, 0.1) is 0 Å². The zero-order chi connectivity index (χ0) is 32.9. The fourth-order valence-electron chi connectivity index (χ4n) is 5.02. The SMILES string of the molecule is C=C\C(=C/C=C(C)/C(C)=C/C=C(\C)c1cc(-c2ccccc2)nc(-c2ccc(-c3ccccc3)cc2)n1)B1OC(C)(C)C(C)(C)O1. The number of hydrogen-bond donors (Lipinski definition) is 0. The van der Waals surface area contributed by atoms with E-state index in [-0.39, 0.29) is 0 Å². The number of allylic oxidation sites excluding steroid dienone is 9. The van der Waals surface area contributed by atoms with Gasteiger partial charge in [0.05, 0.1) is 22.6 Å². The maximum Gasteiger partial charge on any atom is 0.494 e. The Morgan fingerprint density at radius 2 is 1.13 bits per heavy atom. The summed E-state index contributed by atoms with van der Waals surface area (Å²) < 4.78 is 12.4. The van der Waals surface area contributed by atoms with Crippen molar-refractivity contribution in [2.24, 2.45) is 0 Å². The van der Waals surface area contributed by atoms with Crippen molar-refractivity contribution in [3.8, 4) is 33.8 Å². The maximum atomic E-state index is 6.22. The highest BCUT2D eigenvalue weighted by Crippen LogP contribution is 2.38. The van der Waals surface area contributed by atoms with E-state index in [1.807, 2.05) is 30.3 Å². The van der Waals surface area contributed by atoms with Crippen molar-refractivity contribution in [2.45, 2.75) is 59.7 Å². The highest BCUT2D eigenvalue weighted by Gasteiger charge is 2.51. The summed E-state index contributed by atoms with van der Waals surface area (Å²) >= 11 is 0. The number of hydrogen-bond acceptors (Lipinski definition) is 4. The van der Waals surface area contributed by atoms with Crippen LogP contribution in [-0.4, -0.2) is 28.3 Å². The quantitative estimate of drug-likeness (QED) is 0.140. The van der Waals surface area contributed by atoms with Crippen LogP contribution >= 0.6 is 0 Å². The van der Waals surface area contributed by atoms with E-state index in [1.165, 1.54) is 5.56 Å². The monoisotopic (exact) mass is 606 g/mol. The van der Waals surface area contributed by atoms with Crippen LogP contribution in [0.15, 0.2) is 145 Å². The van der Waals surface area contributed by atoms with E-state index < -0.39 is 18.3 Å². The van der Waals surface area contributed by atoms with Crippen LogP contribution < -0.4 is 0 Å². The number of nitrogens with zero attached hydrogens (tertiary/aromatic N) is 2. The van der Waals surface area contributed by atoms with E-state index in [0.717, 1.165) is 50.3 Å². The lowest BCUT2D eigenvalue weighted by atomic mass is 9.77. The smallest absolute Gasteiger partial charge is 0.399 e. The Morgan fingerprint density at radius 1 is 0.630 bits per heavy atom. The van der Waals surface area contributed by atoms with E-state index in [1.54, 1.807) is 6.08 Å². The first-order valence-electron chi connectivity index (χ1n) is 15.8. The largest absolute Gasteiger partial charge is 0.494 e. The van der Waals surface area contributed by atoms with Crippen molar-refractivity contribution in [3.05, 3.63) is 150 Å². The second-order valence-electron chi connectivity index (χ2n) is 12.8. The summed E-state index contributed by atoms with van der Waals surface area (Å²) in [5.74, 6) is 0.699. The Labute approximate surface area is 275 Å². The van der Waals surface area contributed by atoms with E-state index in [4.69, 9.17) is 19.3 Å².